The quantitative estimate of drug-likeness (QED) is 0.542. The highest BCUT2D eigenvalue weighted by atomic mass is 16.2. The lowest BCUT2D eigenvalue weighted by Crippen LogP contribution is -2.21. The van der Waals surface area contributed by atoms with Crippen molar-refractivity contribution in [3.05, 3.63) is 77.4 Å². The fraction of sp³-hybridized carbons (Fsp3) is 0.269. The van der Waals surface area contributed by atoms with E-state index in [1.54, 1.807) is 0 Å². The van der Waals surface area contributed by atoms with Crippen molar-refractivity contribution in [1.29, 1.82) is 0 Å². The Hall–Kier alpha value is -3.27. The zero-order chi connectivity index (χ0) is 20.9. The first-order valence-corrected chi connectivity index (χ1v) is 10.6. The second-order valence-electron chi connectivity index (χ2n) is 8.04. The molecule has 30 heavy (non-hydrogen) atoms. The second kappa shape index (κ2) is 9.04. The molecule has 0 aliphatic heterocycles. The number of benzene rings is 2. The van der Waals surface area contributed by atoms with Crippen LogP contribution in [0.15, 0.2) is 65.8 Å². The van der Waals surface area contributed by atoms with E-state index in [1.807, 2.05) is 36.4 Å². The number of carbonyl (C=O) groups excluding carboxylic acids is 1. The van der Waals surface area contributed by atoms with Gasteiger partial charge < -0.3 is 0 Å². The molecular formula is C26H27N3O. The number of amides is 1. The Balaban J connectivity index is 1.70. The molecule has 1 heterocycles. The Morgan fingerprint density at radius 1 is 0.800 bits per heavy atom. The number of hydrogen-bond donors (Lipinski definition) is 1. The monoisotopic (exact) mass is 397 g/mol. The van der Waals surface area contributed by atoms with Gasteiger partial charge in [0, 0.05) is 22.4 Å². The zero-order valence-corrected chi connectivity index (χ0v) is 17.6. The third-order valence-corrected chi connectivity index (χ3v) is 5.53. The second-order valence-corrected chi connectivity index (χ2v) is 8.04. The van der Waals surface area contributed by atoms with Gasteiger partial charge >= 0.3 is 0 Å². The van der Waals surface area contributed by atoms with E-state index in [1.165, 1.54) is 17.5 Å². The number of aromatic nitrogens is 1. The molecule has 4 heteroatoms. The molecule has 2 aromatic carbocycles. The predicted octanol–water partition coefficient (Wildman–Crippen LogP) is 6.08. The first-order valence-electron chi connectivity index (χ1n) is 10.6. The number of rotatable bonds is 4. The lowest BCUT2D eigenvalue weighted by molar-refractivity contribution is 0.0954. The minimum atomic E-state index is -0.197. The van der Waals surface area contributed by atoms with Crippen molar-refractivity contribution < 1.29 is 4.79 Å². The van der Waals surface area contributed by atoms with Crippen LogP contribution < -0.4 is 5.43 Å². The molecule has 1 aliphatic rings. The van der Waals surface area contributed by atoms with E-state index in [4.69, 9.17) is 4.98 Å². The number of pyridine rings is 1. The van der Waals surface area contributed by atoms with Crippen LogP contribution >= 0.6 is 0 Å². The van der Waals surface area contributed by atoms with Crippen LogP contribution in [0, 0.1) is 13.8 Å². The summed E-state index contributed by atoms with van der Waals surface area (Å²) in [5.74, 6) is -0.197. The van der Waals surface area contributed by atoms with Crippen molar-refractivity contribution >= 4 is 11.6 Å². The van der Waals surface area contributed by atoms with Crippen LogP contribution in [0.4, 0.5) is 0 Å². The third-order valence-electron chi connectivity index (χ3n) is 5.53. The third kappa shape index (κ3) is 4.82. The number of nitrogens with zero attached hydrogens (tertiary/aromatic N) is 2. The molecule has 1 amide bonds. The predicted molar refractivity (Wildman–Crippen MR) is 123 cm³/mol. The molecular weight excluding hydrogens is 370 g/mol. The topological polar surface area (TPSA) is 54.4 Å². The van der Waals surface area contributed by atoms with E-state index in [2.05, 4.69) is 48.6 Å². The average molecular weight is 398 g/mol. The van der Waals surface area contributed by atoms with E-state index in [0.717, 1.165) is 53.9 Å². The fourth-order valence-corrected chi connectivity index (χ4v) is 3.67. The number of hydrogen-bond acceptors (Lipinski definition) is 3. The highest BCUT2D eigenvalue weighted by Gasteiger charge is 2.13. The van der Waals surface area contributed by atoms with Gasteiger partial charge in [0.1, 0.15) is 0 Å². The Labute approximate surface area is 178 Å². The zero-order valence-electron chi connectivity index (χ0n) is 17.6. The summed E-state index contributed by atoms with van der Waals surface area (Å²) in [7, 11) is 0. The molecule has 4 nitrogen and oxygen atoms in total. The van der Waals surface area contributed by atoms with Crippen molar-refractivity contribution in [3.8, 4) is 22.5 Å². The summed E-state index contributed by atoms with van der Waals surface area (Å²) >= 11 is 0. The van der Waals surface area contributed by atoms with Gasteiger partial charge in [0.15, 0.2) is 0 Å². The van der Waals surface area contributed by atoms with E-state index in [-0.39, 0.29) is 5.91 Å². The van der Waals surface area contributed by atoms with Crippen LogP contribution in [0.3, 0.4) is 0 Å². The normalized spacial score (nSPS) is 13.7. The molecule has 0 spiro atoms. The minimum Gasteiger partial charge on any atom is -0.267 e. The van der Waals surface area contributed by atoms with E-state index in [9.17, 15) is 4.79 Å². The average Bonchev–Trinajstić information content (AvgIpc) is 2.79. The smallest absolute Gasteiger partial charge is 0.267 e. The van der Waals surface area contributed by atoms with Crippen molar-refractivity contribution in [2.45, 2.75) is 46.0 Å². The van der Waals surface area contributed by atoms with Crippen LogP contribution in [-0.2, 0) is 0 Å². The summed E-state index contributed by atoms with van der Waals surface area (Å²) in [6.45, 7) is 4.12. The summed E-state index contributed by atoms with van der Waals surface area (Å²) in [6.07, 6.45) is 5.50. The van der Waals surface area contributed by atoms with Crippen LogP contribution in [0.5, 0.6) is 0 Å². The maximum atomic E-state index is 12.9. The molecule has 1 saturated carbocycles. The number of carbonyl (C=O) groups is 1. The molecule has 0 unspecified atom stereocenters. The molecule has 152 valence electrons. The first kappa shape index (κ1) is 20.0. The Morgan fingerprint density at radius 2 is 1.30 bits per heavy atom. The van der Waals surface area contributed by atoms with Gasteiger partial charge in [-0.2, -0.15) is 5.10 Å². The molecule has 1 aliphatic carbocycles. The molecule has 1 aromatic heterocycles. The van der Waals surface area contributed by atoms with Gasteiger partial charge in [0.2, 0.25) is 0 Å². The van der Waals surface area contributed by atoms with Gasteiger partial charge in [-0.25, -0.2) is 10.4 Å². The standard InChI is InChI=1S/C26H27N3O/c1-18-8-12-20(13-9-18)24-16-22(26(30)29-28-23-6-4-3-5-7-23)17-25(27-24)21-14-10-19(2)11-15-21/h8-17H,3-7H2,1-2H3,(H,29,30). The van der Waals surface area contributed by atoms with E-state index in [0.29, 0.717) is 5.56 Å². The van der Waals surface area contributed by atoms with E-state index >= 15 is 0 Å². The SMILES string of the molecule is Cc1ccc(-c2cc(C(=O)NN=C3CCCCC3)cc(-c3ccc(C)cc3)n2)cc1. The minimum absolute atomic E-state index is 0.197. The highest BCUT2D eigenvalue weighted by Crippen LogP contribution is 2.25. The lowest BCUT2D eigenvalue weighted by atomic mass is 9.99. The number of aryl methyl sites for hydroxylation is 2. The molecule has 0 atom stereocenters. The Kier molecular flexibility index (Phi) is 6.03. The van der Waals surface area contributed by atoms with Crippen LogP contribution in [0.1, 0.15) is 53.6 Å². The van der Waals surface area contributed by atoms with Crippen molar-refractivity contribution in [2.24, 2.45) is 5.10 Å². The van der Waals surface area contributed by atoms with Gasteiger partial charge in [-0.05, 0) is 51.7 Å². The number of nitrogens with one attached hydrogen (secondary N) is 1. The molecule has 1 fully saturated rings. The molecule has 0 bridgehead atoms. The maximum absolute atomic E-state index is 12.9. The molecule has 4 rings (SSSR count). The maximum Gasteiger partial charge on any atom is 0.271 e. The summed E-state index contributed by atoms with van der Waals surface area (Å²) in [5.41, 5.74) is 10.3. The van der Waals surface area contributed by atoms with Crippen molar-refractivity contribution in [2.75, 3.05) is 0 Å². The van der Waals surface area contributed by atoms with Crippen LogP contribution in [0.2, 0.25) is 0 Å². The largest absolute Gasteiger partial charge is 0.271 e. The van der Waals surface area contributed by atoms with Gasteiger partial charge in [-0.15, -0.1) is 0 Å². The van der Waals surface area contributed by atoms with Gasteiger partial charge in [0.05, 0.1) is 11.4 Å². The van der Waals surface area contributed by atoms with Crippen molar-refractivity contribution in [3.63, 3.8) is 0 Å². The van der Waals surface area contributed by atoms with Crippen molar-refractivity contribution in [1.82, 2.24) is 10.4 Å². The number of hydrazone groups is 1. The van der Waals surface area contributed by atoms with E-state index < -0.39 is 0 Å². The van der Waals surface area contributed by atoms with Gasteiger partial charge in [-0.1, -0.05) is 66.1 Å². The summed E-state index contributed by atoms with van der Waals surface area (Å²) < 4.78 is 0. The molecule has 1 N–H and O–H groups in total. The highest BCUT2D eigenvalue weighted by molar-refractivity contribution is 5.97. The van der Waals surface area contributed by atoms with Crippen LogP contribution in [-0.4, -0.2) is 16.6 Å². The lowest BCUT2D eigenvalue weighted by Gasteiger charge is -2.13. The Morgan fingerprint density at radius 3 is 1.80 bits per heavy atom. The van der Waals surface area contributed by atoms with Gasteiger partial charge in [0.25, 0.3) is 5.91 Å². The fourth-order valence-electron chi connectivity index (χ4n) is 3.67. The Bertz CT molecular complexity index is 995. The summed E-state index contributed by atoms with van der Waals surface area (Å²) in [4.78, 5) is 17.8. The molecule has 0 saturated heterocycles. The van der Waals surface area contributed by atoms with Crippen LogP contribution in [0.25, 0.3) is 22.5 Å². The van der Waals surface area contributed by atoms with Gasteiger partial charge in [-0.3, -0.25) is 4.79 Å². The first-order chi connectivity index (χ1) is 14.6. The molecule has 0 radical (unpaired) electrons. The molecule has 3 aromatic rings. The summed E-state index contributed by atoms with van der Waals surface area (Å²) in [6, 6.07) is 20.1. The summed E-state index contributed by atoms with van der Waals surface area (Å²) in [5, 5.41) is 4.38.